The number of hydrogen-bond donors (Lipinski definition) is 5. The third-order valence-electron chi connectivity index (χ3n) is 4.13. The summed E-state index contributed by atoms with van der Waals surface area (Å²) in [5, 5.41) is 33.7. The molecule has 30 heavy (non-hydrogen) atoms. The molecule has 1 aromatic heterocycles. The summed E-state index contributed by atoms with van der Waals surface area (Å²) in [6, 6.07) is 11.4. The van der Waals surface area contributed by atoms with E-state index in [0.717, 1.165) is 0 Å². The van der Waals surface area contributed by atoms with Crippen LogP contribution in [0.25, 0.3) is 11.0 Å². The van der Waals surface area contributed by atoms with Gasteiger partial charge in [0.25, 0.3) is 11.5 Å². The van der Waals surface area contributed by atoms with Crippen LogP contribution in [0.1, 0.15) is 16.1 Å². The highest BCUT2D eigenvalue weighted by Gasteiger charge is 2.27. The van der Waals surface area contributed by atoms with Crippen molar-refractivity contribution in [3.05, 3.63) is 72.7 Å². The Balaban J connectivity index is 2.07. The summed E-state index contributed by atoms with van der Waals surface area (Å²) in [5.74, 6) is -0.594. The zero-order chi connectivity index (χ0) is 21.8. The van der Waals surface area contributed by atoms with E-state index < -0.39 is 36.0 Å². The van der Waals surface area contributed by atoms with Crippen LogP contribution in [-0.2, 0) is 0 Å². The van der Waals surface area contributed by atoms with Crippen molar-refractivity contribution in [2.45, 2.75) is 12.2 Å². The first kappa shape index (κ1) is 22.3. The molecule has 11 heteroatoms. The summed E-state index contributed by atoms with van der Waals surface area (Å²) in [6.07, 6.45) is -3.45. The Hall–Kier alpha value is -2.38. The molecule has 0 aliphatic rings. The number of rotatable bonds is 6. The third kappa shape index (κ3) is 4.84. The summed E-state index contributed by atoms with van der Waals surface area (Å²) < 4.78 is 0.664. The Morgan fingerprint density at radius 2 is 2.00 bits per heavy atom. The second kappa shape index (κ2) is 9.62. The lowest BCUT2D eigenvalue weighted by Gasteiger charge is -2.17. The number of halogens is 2. The van der Waals surface area contributed by atoms with Crippen molar-refractivity contribution in [3.8, 4) is 0 Å². The predicted octanol–water partition coefficient (Wildman–Crippen LogP) is 1.03. The van der Waals surface area contributed by atoms with E-state index in [-0.39, 0.29) is 5.69 Å². The number of hydrogen-bond acceptors (Lipinski definition) is 7. The fourth-order valence-corrected chi connectivity index (χ4v) is 3.39. The lowest BCUT2D eigenvalue weighted by atomic mass is 10.1. The molecule has 1 amide bonds. The summed E-state index contributed by atoms with van der Waals surface area (Å²) in [5.41, 5.74) is 1.81. The molecule has 0 bridgehead atoms. The zero-order valence-corrected chi connectivity index (χ0v) is 18.1. The van der Waals surface area contributed by atoms with Crippen molar-refractivity contribution in [2.24, 2.45) is 5.10 Å². The average molecular weight is 543 g/mol. The Labute approximate surface area is 188 Å². The van der Waals surface area contributed by atoms with Crippen LogP contribution in [0.2, 0.25) is 5.02 Å². The van der Waals surface area contributed by atoms with E-state index in [1.54, 1.807) is 36.4 Å². The number of benzene rings is 2. The molecule has 2 aromatic carbocycles. The summed E-state index contributed by atoms with van der Waals surface area (Å²) in [6.45, 7) is -0.804. The quantitative estimate of drug-likeness (QED) is 0.179. The van der Waals surface area contributed by atoms with Crippen LogP contribution in [0.3, 0.4) is 0 Å². The topological polar surface area (TPSA) is 148 Å². The van der Waals surface area contributed by atoms with Crippen molar-refractivity contribution >= 4 is 56.8 Å². The molecule has 2 unspecified atom stereocenters. The maximum absolute atomic E-state index is 12.5. The van der Waals surface area contributed by atoms with E-state index in [1.807, 2.05) is 22.6 Å². The standard InChI is InChI=1S/C19H16ClIN4O5/c20-9-5-6-12-13(7-9)22-16(19(30)23-12)15(17(28)14(27)8-26)24-25-18(29)10-3-1-2-4-11(10)21/h1-7,14,17,26-28H,8H2,(H,23,30)(H,25,29)/b24-15-. The van der Waals surface area contributed by atoms with Gasteiger partial charge in [0.2, 0.25) is 0 Å². The molecule has 156 valence electrons. The molecule has 0 saturated heterocycles. The van der Waals surface area contributed by atoms with E-state index in [9.17, 15) is 24.9 Å². The monoisotopic (exact) mass is 542 g/mol. The first-order chi connectivity index (χ1) is 14.3. The number of H-pyrrole nitrogens is 1. The molecule has 9 nitrogen and oxygen atoms in total. The van der Waals surface area contributed by atoms with Crippen LogP contribution in [-0.4, -0.2) is 55.7 Å². The largest absolute Gasteiger partial charge is 0.394 e. The minimum absolute atomic E-state index is 0.305. The van der Waals surface area contributed by atoms with Gasteiger partial charge >= 0.3 is 0 Å². The molecule has 1 heterocycles. The van der Waals surface area contributed by atoms with Gasteiger partial charge in [-0.05, 0) is 52.9 Å². The molecule has 0 aliphatic heterocycles. The minimum Gasteiger partial charge on any atom is -0.394 e. The van der Waals surface area contributed by atoms with Gasteiger partial charge in [-0.25, -0.2) is 10.4 Å². The van der Waals surface area contributed by atoms with Crippen LogP contribution < -0.4 is 11.0 Å². The maximum Gasteiger partial charge on any atom is 0.276 e. The molecule has 0 aliphatic carbocycles. The predicted molar refractivity (Wildman–Crippen MR) is 120 cm³/mol. The lowest BCUT2D eigenvalue weighted by molar-refractivity contribution is 0.0183. The molecule has 3 rings (SSSR count). The number of aliphatic hydroxyl groups excluding tert-OH is 3. The van der Waals surface area contributed by atoms with Crippen LogP contribution in [0, 0.1) is 3.57 Å². The van der Waals surface area contributed by atoms with Gasteiger partial charge in [0.1, 0.15) is 17.9 Å². The van der Waals surface area contributed by atoms with Crippen LogP contribution >= 0.6 is 34.2 Å². The van der Waals surface area contributed by atoms with Crippen molar-refractivity contribution in [1.82, 2.24) is 15.4 Å². The molecular formula is C19H16ClIN4O5. The number of nitrogens with one attached hydrogen (secondary N) is 2. The van der Waals surface area contributed by atoms with Gasteiger partial charge in [0, 0.05) is 8.59 Å². The Morgan fingerprint density at radius 1 is 1.27 bits per heavy atom. The maximum atomic E-state index is 12.5. The number of carbonyl (C=O) groups is 1. The van der Waals surface area contributed by atoms with E-state index in [1.165, 1.54) is 6.07 Å². The van der Waals surface area contributed by atoms with Gasteiger partial charge in [0.15, 0.2) is 5.69 Å². The molecule has 5 N–H and O–H groups in total. The van der Waals surface area contributed by atoms with Gasteiger partial charge < -0.3 is 20.3 Å². The summed E-state index contributed by atoms with van der Waals surface area (Å²) >= 11 is 7.95. The number of aliphatic hydroxyl groups is 3. The van der Waals surface area contributed by atoms with Crippen molar-refractivity contribution in [1.29, 1.82) is 0 Å². The van der Waals surface area contributed by atoms with Gasteiger partial charge in [0.05, 0.1) is 23.2 Å². The highest BCUT2D eigenvalue weighted by Crippen LogP contribution is 2.16. The minimum atomic E-state index is -1.80. The highest BCUT2D eigenvalue weighted by atomic mass is 127. The Kier molecular flexibility index (Phi) is 7.15. The fourth-order valence-electron chi connectivity index (χ4n) is 2.59. The Morgan fingerprint density at radius 3 is 2.70 bits per heavy atom. The number of carbonyl (C=O) groups excluding carboxylic acids is 1. The SMILES string of the molecule is O=C(N/N=C(/c1nc2cc(Cl)ccc2[nH]c1=O)C(O)C(O)CO)c1ccccc1I. The molecule has 3 aromatic rings. The number of nitrogens with zero attached hydrogens (tertiary/aromatic N) is 2. The van der Waals surface area contributed by atoms with Gasteiger partial charge in [-0.15, -0.1) is 0 Å². The summed E-state index contributed by atoms with van der Waals surface area (Å²) in [4.78, 5) is 31.8. The number of aromatic nitrogens is 2. The first-order valence-corrected chi connectivity index (χ1v) is 10.1. The normalized spacial score (nSPS) is 13.8. The zero-order valence-electron chi connectivity index (χ0n) is 15.2. The molecular weight excluding hydrogens is 527 g/mol. The molecule has 2 atom stereocenters. The van der Waals surface area contributed by atoms with Gasteiger partial charge in [-0.1, -0.05) is 23.7 Å². The molecule has 0 spiro atoms. The van der Waals surface area contributed by atoms with E-state index >= 15 is 0 Å². The second-order valence-corrected chi connectivity index (χ2v) is 7.79. The van der Waals surface area contributed by atoms with E-state index in [2.05, 4.69) is 20.5 Å². The number of fused-ring (bicyclic) bond motifs is 1. The van der Waals surface area contributed by atoms with Gasteiger partial charge in [-0.2, -0.15) is 5.10 Å². The second-order valence-electron chi connectivity index (χ2n) is 6.19. The number of hydrazone groups is 1. The average Bonchev–Trinajstić information content (AvgIpc) is 2.73. The highest BCUT2D eigenvalue weighted by molar-refractivity contribution is 14.1. The van der Waals surface area contributed by atoms with Crippen LogP contribution in [0.15, 0.2) is 52.4 Å². The Bertz CT molecular complexity index is 1180. The summed E-state index contributed by atoms with van der Waals surface area (Å²) in [7, 11) is 0. The van der Waals surface area contributed by atoms with Gasteiger partial charge in [-0.3, -0.25) is 9.59 Å². The molecule has 0 saturated carbocycles. The number of aromatic amines is 1. The van der Waals surface area contributed by atoms with Crippen molar-refractivity contribution < 1.29 is 20.1 Å². The molecule has 0 radical (unpaired) electrons. The first-order valence-electron chi connectivity index (χ1n) is 8.61. The van der Waals surface area contributed by atoms with Crippen LogP contribution in [0.4, 0.5) is 0 Å². The van der Waals surface area contributed by atoms with E-state index in [0.29, 0.717) is 25.2 Å². The van der Waals surface area contributed by atoms with Crippen molar-refractivity contribution in [3.63, 3.8) is 0 Å². The third-order valence-corrected chi connectivity index (χ3v) is 5.30. The molecule has 0 fully saturated rings. The lowest BCUT2D eigenvalue weighted by Crippen LogP contribution is -2.41. The smallest absolute Gasteiger partial charge is 0.276 e. The fraction of sp³-hybridized carbons (Fsp3) is 0.158. The van der Waals surface area contributed by atoms with Crippen LogP contribution in [0.5, 0.6) is 0 Å². The van der Waals surface area contributed by atoms with Crippen molar-refractivity contribution in [2.75, 3.05) is 6.61 Å². The number of amides is 1. The van der Waals surface area contributed by atoms with E-state index in [4.69, 9.17) is 11.6 Å².